The number of aromatic amines is 1. The average molecular weight is 426 g/mol. The van der Waals surface area contributed by atoms with E-state index < -0.39 is 28.2 Å². The van der Waals surface area contributed by atoms with Crippen LogP contribution in [0.3, 0.4) is 0 Å². The average Bonchev–Trinajstić information content (AvgIpc) is 2.73. The Morgan fingerprint density at radius 3 is 2.68 bits per heavy atom. The summed E-state index contributed by atoms with van der Waals surface area (Å²) in [7, 11) is 0. The lowest BCUT2D eigenvalue weighted by molar-refractivity contribution is -0.383. The Hall–Kier alpha value is -3.76. The number of nitrogens with zero attached hydrogens (tertiary/aromatic N) is 3. The molecule has 1 unspecified atom stereocenters. The Morgan fingerprint density at radius 1 is 1.26 bits per heavy atom. The molecule has 2 aromatic rings. The molecule has 162 valence electrons. The quantitative estimate of drug-likeness (QED) is 0.499. The predicted octanol–water partition coefficient (Wildman–Crippen LogP) is 1.98. The number of carbonyl (C=O) groups excluding carboxylic acids is 2. The van der Waals surface area contributed by atoms with Gasteiger partial charge in [-0.3, -0.25) is 29.5 Å². The zero-order chi connectivity index (χ0) is 22.1. The van der Waals surface area contributed by atoms with Crippen molar-refractivity contribution >= 4 is 35.0 Å². The minimum absolute atomic E-state index is 0.00604. The summed E-state index contributed by atoms with van der Waals surface area (Å²) in [4.78, 5) is 57.7. The molecule has 1 fully saturated rings. The number of H-pyrrole nitrogens is 1. The normalized spacial score (nSPS) is 18.8. The smallest absolute Gasteiger partial charge is 0.292 e. The maximum atomic E-state index is 12.9. The van der Waals surface area contributed by atoms with Crippen LogP contribution in [0.5, 0.6) is 0 Å². The number of hydrogen-bond donors (Lipinski definition) is 3. The van der Waals surface area contributed by atoms with Crippen LogP contribution in [0.1, 0.15) is 37.7 Å². The van der Waals surface area contributed by atoms with E-state index >= 15 is 0 Å². The maximum absolute atomic E-state index is 12.9. The molecule has 2 aliphatic rings. The lowest BCUT2D eigenvalue weighted by Crippen LogP contribution is -2.39. The molecule has 11 heteroatoms. The van der Waals surface area contributed by atoms with Crippen molar-refractivity contribution in [2.75, 3.05) is 28.6 Å². The third-order valence-electron chi connectivity index (χ3n) is 5.70. The molecule has 3 N–H and O–H groups in total. The highest BCUT2D eigenvalue weighted by atomic mass is 16.6. The van der Waals surface area contributed by atoms with Gasteiger partial charge in [0.25, 0.3) is 11.2 Å². The lowest BCUT2D eigenvalue weighted by Gasteiger charge is -2.31. The number of hydrogen-bond acceptors (Lipinski definition) is 7. The van der Waals surface area contributed by atoms with E-state index in [0.717, 1.165) is 25.9 Å². The summed E-state index contributed by atoms with van der Waals surface area (Å²) in [5.41, 5.74) is -0.752. The SMILES string of the molecule is CC1CCN(c2nc3c(c(=O)[nH]2)C(C(=O)Nc2ccccc2[N+](=O)[O-])CC(=O)N3)CC1. The molecule has 0 saturated carbocycles. The summed E-state index contributed by atoms with van der Waals surface area (Å²) >= 11 is 0. The fourth-order valence-electron chi connectivity index (χ4n) is 3.91. The first-order valence-electron chi connectivity index (χ1n) is 10.1. The molecule has 1 atom stereocenters. The van der Waals surface area contributed by atoms with Gasteiger partial charge in [-0.05, 0) is 24.8 Å². The van der Waals surface area contributed by atoms with E-state index in [2.05, 4.69) is 27.5 Å². The number of nitro groups is 1. The van der Waals surface area contributed by atoms with Crippen LogP contribution < -0.4 is 21.1 Å². The van der Waals surface area contributed by atoms with Gasteiger partial charge in [0, 0.05) is 25.6 Å². The van der Waals surface area contributed by atoms with Gasteiger partial charge in [0.1, 0.15) is 11.5 Å². The Kier molecular flexibility index (Phi) is 5.40. The lowest BCUT2D eigenvalue weighted by atomic mass is 9.92. The van der Waals surface area contributed by atoms with Crippen molar-refractivity contribution in [1.29, 1.82) is 0 Å². The van der Waals surface area contributed by atoms with Crippen LogP contribution in [0.25, 0.3) is 0 Å². The monoisotopic (exact) mass is 426 g/mol. The third kappa shape index (κ3) is 4.11. The molecule has 0 spiro atoms. The van der Waals surface area contributed by atoms with Crippen LogP contribution in [0.2, 0.25) is 0 Å². The molecule has 1 aromatic carbocycles. The Balaban J connectivity index is 1.65. The fourth-order valence-corrected chi connectivity index (χ4v) is 3.91. The van der Waals surface area contributed by atoms with Crippen LogP contribution >= 0.6 is 0 Å². The molecular formula is C20H22N6O5. The van der Waals surface area contributed by atoms with Gasteiger partial charge in [-0.2, -0.15) is 4.98 Å². The minimum Gasteiger partial charge on any atom is -0.342 e. The van der Waals surface area contributed by atoms with Crippen molar-refractivity contribution in [3.05, 3.63) is 50.3 Å². The Labute approximate surface area is 177 Å². The zero-order valence-corrected chi connectivity index (χ0v) is 16.9. The summed E-state index contributed by atoms with van der Waals surface area (Å²) in [6, 6.07) is 5.68. The number of amides is 2. The summed E-state index contributed by atoms with van der Waals surface area (Å²) < 4.78 is 0. The van der Waals surface area contributed by atoms with Crippen molar-refractivity contribution in [3.8, 4) is 0 Å². The number of para-hydroxylation sites is 2. The molecule has 4 rings (SSSR count). The molecule has 1 saturated heterocycles. The van der Waals surface area contributed by atoms with E-state index in [1.807, 2.05) is 4.90 Å². The number of anilines is 3. The highest BCUT2D eigenvalue weighted by Crippen LogP contribution is 2.32. The summed E-state index contributed by atoms with van der Waals surface area (Å²) in [6.07, 6.45) is 1.67. The second-order valence-corrected chi connectivity index (χ2v) is 7.89. The van der Waals surface area contributed by atoms with E-state index in [0.29, 0.717) is 11.9 Å². The van der Waals surface area contributed by atoms with Crippen molar-refractivity contribution in [2.24, 2.45) is 5.92 Å². The van der Waals surface area contributed by atoms with Crippen molar-refractivity contribution < 1.29 is 14.5 Å². The van der Waals surface area contributed by atoms with E-state index in [1.165, 1.54) is 18.2 Å². The molecule has 2 aliphatic heterocycles. The molecule has 1 aromatic heterocycles. The topological polar surface area (TPSA) is 150 Å². The number of carbonyl (C=O) groups is 2. The van der Waals surface area contributed by atoms with E-state index in [9.17, 15) is 24.5 Å². The molecule has 0 radical (unpaired) electrons. The van der Waals surface area contributed by atoms with Crippen LogP contribution in [-0.4, -0.2) is 39.8 Å². The van der Waals surface area contributed by atoms with Crippen LogP contribution in [0.4, 0.5) is 23.1 Å². The van der Waals surface area contributed by atoms with E-state index in [4.69, 9.17) is 0 Å². The third-order valence-corrected chi connectivity index (χ3v) is 5.70. The van der Waals surface area contributed by atoms with Crippen LogP contribution in [0.15, 0.2) is 29.1 Å². The van der Waals surface area contributed by atoms with Gasteiger partial charge < -0.3 is 15.5 Å². The summed E-state index contributed by atoms with van der Waals surface area (Å²) in [6.45, 7) is 3.64. The maximum Gasteiger partial charge on any atom is 0.292 e. The number of fused-ring (bicyclic) bond motifs is 1. The van der Waals surface area contributed by atoms with Gasteiger partial charge >= 0.3 is 0 Å². The van der Waals surface area contributed by atoms with Crippen LogP contribution in [0, 0.1) is 16.0 Å². The second kappa shape index (κ2) is 8.17. The van der Waals surface area contributed by atoms with Crippen molar-refractivity contribution in [1.82, 2.24) is 9.97 Å². The van der Waals surface area contributed by atoms with Gasteiger partial charge in [-0.15, -0.1) is 0 Å². The van der Waals surface area contributed by atoms with Crippen LogP contribution in [-0.2, 0) is 9.59 Å². The number of rotatable bonds is 4. The second-order valence-electron chi connectivity index (χ2n) is 7.89. The molecule has 0 bridgehead atoms. The number of aromatic nitrogens is 2. The Bertz CT molecular complexity index is 1110. The highest BCUT2D eigenvalue weighted by molar-refractivity contribution is 6.05. The summed E-state index contributed by atoms with van der Waals surface area (Å²) in [5, 5.41) is 16.3. The van der Waals surface area contributed by atoms with Gasteiger partial charge in [-0.1, -0.05) is 19.1 Å². The van der Waals surface area contributed by atoms with Gasteiger partial charge in [-0.25, -0.2) is 0 Å². The van der Waals surface area contributed by atoms with E-state index in [1.54, 1.807) is 6.07 Å². The van der Waals surface area contributed by atoms with Crippen molar-refractivity contribution in [3.63, 3.8) is 0 Å². The summed E-state index contributed by atoms with van der Waals surface area (Å²) in [5.74, 6) is -1.25. The Morgan fingerprint density at radius 2 is 1.97 bits per heavy atom. The molecule has 31 heavy (non-hydrogen) atoms. The number of nitro benzene ring substituents is 1. The molecule has 3 heterocycles. The van der Waals surface area contributed by atoms with Gasteiger partial charge in [0.2, 0.25) is 17.8 Å². The fraction of sp³-hybridized carbons (Fsp3) is 0.400. The van der Waals surface area contributed by atoms with Gasteiger partial charge in [0.05, 0.1) is 16.4 Å². The number of nitrogens with one attached hydrogen (secondary N) is 3. The highest BCUT2D eigenvalue weighted by Gasteiger charge is 2.36. The molecule has 0 aliphatic carbocycles. The molecule has 2 amide bonds. The molecular weight excluding hydrogens is 404 g/mol. The standard InChI is InChI=1S/C20H22N6O5/c1-11-6-8-25(9-7-11)20-23-17-16(19(29)24-20)12(10-15(27)22-17)18(28)21-13-4-2-3-5-14(13)26(30)31/h2-5,11-12H,6-10H2,1H3,(H,21,28)(H2,22,23,24,27,29). The largest absolute Gasteiger partial charge is 0.342 e. The number of benzene rings is 1. The zero-order valence-electron chi connectivity index (χ0n) is 16.9. The van der Waals surface area contributed by atoms with E-state index in [-0.39, 0.29) is 29.2 Å². The first-order chi connectivity index (χ1) is 14.8. The number of piperidine rings is 1. The first kappa shape index (κ1) is 20.5. The first-order valence-corrected chi connectivity index (χ1v) is 10.1. The minimum atomic E-state index is -1.12. The molecule has 11 nitrogen and oxygen atoms in total. The predicted molar refractivity (Wildman–Crippen MR) is 113 cm³/mol. The van der Waals surface area contributed by atoms with Gasteiger partial charge in [0.15, 0.2) is 0 Å². The van der Waals surface area contributed by atoms with Crippen molar-refractivity contribution in [2.45, 2.75) is 32.1 Å².